The minimum Gasteiger partial charge on any atom is -0.457 e. The number of amides is 1. The molecule has 0 bridgehead atoms. The number of alkyl halides is 3. The maximum absolute atomic E-state index is 13.0. The molecule has 0 saturated carbocycles. The molecule has 12 heteroatoms. The van der Waals surface area contributed by atoms with Gasteiger partial charge in [0.25, 0.3) is 11.6 Å². The van der Waals surface area contributed by atoms with Gasteiger partial charge in [0.1, 0.15) is 22.2 Å². The first-order chi connectivity index (χ1) is 14.8. The van der Waals surface area contributed by atoms with E-state index >= 15 is 0 Å². The van der Waals surface area contributed by atoms with Gasteiger partial charge in [-0.1, -0.05) is 17.7 Å². The molecule has 0 aliphatic rings. The first kappa shape index (κ1) is 23.1. The molecule has 1 amide bonds. The largest absolute Gasteiger partial charge is 0.457 e. The highest BCUT2D eigenvalue weighted by atomic mass is 35.5. The molecule has 0 aliphatic heterocycles. The Kier molecular flexibility index (Phi) is 6.13. The van der Waals surface area contributed by atoms with Crippen LogP contribution in [-0.4, -0.2) is 20.6 Å². The summed E-state index contributed by atoms with van der Waals surface area (Å²) in [5.74, 6) is -0.560. The molecule has 1 heterocycles. The normalized spacial score (nSPS) is 11.3. The van der Waals surface area contributed by atoms with Gasteiger partial charge >= 0.3 is 6.18 Å². The van der Waals surface area contributed by atoms with E-state index in [2.05, 4.69) is 10.4 Å². The fraction of sp³-hybridized carbons (Fsp3) is 0.200. The second-order valence-corrected chi connectivity index (χ2v) is 7.36. The van der Waals surface area contributed by atoms with Crippen molar-refractivity contribution in [2.45, 2.75) is 20.0 Å². The zero-order valence-electron chi connectivity index (χ0n) is 17.0. The van der Waals surface area contributed by atoms with E-state index < -0.39 is 39.1 Å². The van der Waals surface area contributed by atoms with Crippen LogP contribution < -0.4 is 10.1 Å². The summed E-state index contributed by atoms with van der Waals surface area (Å²) in [6, 6.07) is 8.86. The molecule has 32 heavy (non-hydrogen) atoms. The fourth-order valence-electron chi connectivity index (χ4n) is 3.06. The molecule has 168 valence electrons. The number of non-ortho nitro benzene ring substituents is 1. The van der Waals surface area contributed by atoms with Gasteiger partial charge in [0, 0.05) is 19.2 Å². The van der Waals surface area contributed by atoms with E-state index in [0.29, 0.717) is 10.4 Å². The lowest BCUT2D eigenvalue weighted by atomic mass is 10.1. The number of nitrogens with zero attached hydrogens (tertiary/aromatic N) is 3. The van der Waals surface area contributed by atoms with Gasteiger partial charge in [0.2, 0.25) is 0 Å². The molecular weight excluding hydrogens is 453 g/mol. The van der Waals surface area contributed by atoms with E-state index in [1.807, 2.05) is 19.9 Å². The molecule has 1 aromatic heterocycles. The zero-order valence-corrected chi connectivity index (χ0v) is 17.7. The van der Waals surface area contributed by atoms with Gasteiger partial charge in [-0.3, -0.25) is 19.6 Å². The minimum absolute atomic E-state index is 0.0478. The third kappa shape index (κ3) is 4.99. The highest BCUT2D eigenvalue weighted by Gasteiger charge is 2.39. The number of aromatic nitrogens is 2. The van der Waals surface area contributed by atoms with Crippen LogP contribution in [0, 0.1) is 24.0 Å². The number of nitro groups is 1. The highest BCUT2D eigenvalue weighted by molar-refractivity contribution is 6.34. The molecule has 8 nitrogen and oxygen atoms in total. The van der Waals surface area contributed by atoms with Crippen molar-refractivity contribution in [2.75, 3.05) is 5.32 Å². The van der Waals surface area contributed by atoms with Crippen molar-refractivity contribution in [3.05, 3.63) is 74.0 Å². The Bertz CT molecular complexity index is 1200. The van der Waals surface area contributed by atoms with Crippen molar-refractivity contribution in [3.8, 4) is 11.5 Å². The molecule has 2 aromatic carbocycles. The Hall–Kier alpha value is -3.60. The molecule has 0 fully saturated rings. The number of carbonyl (C=O) groups excluding carboxylic acids is 1. The molecule has 0 atom stereocenters. The number of benzene rings is 2. The second-order valence-electron chi connectivity index (χ2n) is 6.98. The van der Waals surface area contributed by atoms with E-state index in [9.17, 15) is 28.1 Å². The topological polar surface area (TPSA) is 99.3 Å². The Morgan fingerprint density at radius 1 is 1.12 bits per heavy atom. The van der Waals surface area contributed by atoms with Gasteiger partial charge in [0.15, 0.2) is 5.69 Å². The third-order valence-corrected chi connectivity index (χ3v) is 4.62. The van der Waals surface area contributed by atoms with Gasteiger partial charge in [-0.15, -0.1) is 0 Å². The molecule has 3 aromatic rings. The first-order valence-electron chi connectivity index (χ1n) is 9.02. The fourth-order valence-corrected chi connectivity index (χ4v) is 3.42. The van der Waals surface area contributed by atoms with Gasteiger partial charge in [-0.05, 0) is 37.1 Å². The number of halogens is 4. The molecule has 3 rings (SSSR count). The van der Waals surface area contributed by atoms with Crippen LogP contribution in [0.2, 0.25) is 5.02 Å². The summed E-state index contributed by atoms with van der Waals surface area (Å²) in [6.45, 7) is 3.71. The monoisotopic (exact) mass is 468 g/mol. The number of ether oxygens (including phenoxy) is 1. The minimum atomic E-state index is -4.86. The van der Waals surface area contributed by atoms with Gasteiger partial charge in [-0.25, -0.2) is 0 Å². The average molecular weight is 469 g/mol. The van der Waals surface area contributed by atoms with Gasteiger partial charge in [-0.2, -0.15) is 18.3 Å². The summed E-state index contributed by atoms with van der Waals surface area (Å²) in [5, 5.41) is 16.0. The van der Waals surface area contributed by atoms with E-state index in [-0.39, 0.29) is 11.4 Å². The number of hydrogen-bond donors (Lipinski definition) is 1. The quantitative estimate of drug-likeness (QED) is 0.384. The molecule has 1 N–H and O–H groups in total. The lowest BCUT2D eigenvalue weighted by Crippen LogP contribution is -2.16. The average Bonchev–Trinajstić information content (AvgIpc) is 2.95. The van der Waals surface area contributed by atoms with E-state index in [1.54, 1.807) is 12.1 Å². The van der Waals surface area contributed by atoms with Crippen LogP contribution in [0.5, 0.6) is 11.5 Å². The van der Waals surface area contributed by atoms with E-state index in [4.69, 9.17) is 16.3 Å². The molecule has 0 unspecified atom stereocenters. The van der Waals surface area contributed by atoms with Gasteiger partial charge in [0.05, 0.1) is 16.7 Å². The molecule has 0 radical (unpaired) electrons. The number of rotatable bonds is 5. The van der Waals surface area contributed by atoms with Crippen LogP contribution in [0.1, 0.15) is 27.3 Å². The van der Waals surface area contributed by atoms with Gasteiger partial charge < -0.3 is 10.1 Å². The summed E-state index contributed by atoms with van der Waals surface area (Å²) in [6.07, 6.45) is -4.86. The van der Waals surface area contributed by atoms with E-state index in [0.717, 1.165) is 30.3 Å². The summed E-state index contributed by atoms with van der Waals surface area (Å²) in [5.41, 5.74) is -0.619. The van der Waals surface area contributed by atoms with Crippen LogP contribution in [0.4, 0.5) is 24.5 Å². The van der Waals surface area contributed by atoms with Crippen molar-refractivity contribution in [1.29, 1.82) is 0 Å². The second kappa shape index (κ2) is 8.50. The highest BCUT2D eigenvalue weighted by Crippen LogP contribution is 2.36. The van der Waals surface area contributed by atoms with Crippen molar-refractivity contribution >= 4 is 28.9 Å². The van der Waals surface area contributed by atoms with Crippen LogP contribution in [0.15, 0.2) is 36.4 Å². The Balaban J connectivity index is 1.95. The zero-order chi connectivity index (χ0) is 23.8. The molecule has 0 saturated heterocycles. The van der Waals surface area contributed by atoms with Crippen LogP contribution in [0.25, 0.3) is 0 Å². The third-order valence-electron chi connectivity index (χ3n) is 4.26. The lowest BCUT2D eigenvalue weighted by molar-refractivity contribution is -0.384. The predicted octanol–water partition coefficient (Wildman–Crippen LogP) is 5.66. The smallest absolute Gasteiger partial charge is 0.436 e. The van der Waals surface area contributed by atoms with Crippen molar-refractivity contribution in [1.82, 2.24) is 9.78 Å². The first-order valence-corrected chi connectivity index (χ1v) is 9.39. The van der Waals surface area contributed by atoms with Crippen molar-refractivity contribution in [3.63, 3.8) is 0 Å². The van der Waals surface area contributed by atoms with E-state index in [1.165, 1.54) is 6.07 Å². The maximum Gasteiger partial charge on any atom is 0.436 e. The molecular formula is C20H16ClF3N4O4. The number of hydrogen-bond acceptors (Lipinski definition) is 5. The number of aryl methyl sites for hydroxylation is 3. The molecule has 0 aliphatic carbocycles. The lowest BCUT2D eigenvalue weighted by Gasteiger charge is -2.11. The number of carbonyl (C=O) groups is 1. The van der Waals surface area contributed by atoms with Crippen LogP contribution in [-0.2, 0) is 13.2 Å². The Morgan fingerprint density at radius 3 is 2.25 bits per heavy atom. The summed E-state index contributed by atoms with van der Waals surface area (Å²) in [7, 11) is 1.12. The summed E-state index contributed by atoms with van der Waals surface area (Å²) < 4.78 is 45.4. The maximum atomic E-state index is 13.0. The van der Waals surface area contributed by atoms with Crippen LogP contribution in [0.3, 0.4) is 0 Å². The number of nitro benzene ring substituents is 1. The predicted molar refractivity (Wildman–Crippen MR) is 110 cm³/mol. The summed E-state index contributed by atoms with van der Waals surface area (Å²) >= 11 is 5.73. The number of nitrogens with one attached hydrogen (secondary N) is 1. The Morgan fingerprint density at radius 2 is 1.72 bits per heavy atom. The van der Waals surface area contributed by atoms with Crippen molar-refractivity contribution in [2.24, 2.45) is 7.05 Å². The Labute approximate surface area is 184 Å². The number of anilines is 1. The standard InChI is InChI=1S/C20H16ClF3N4O4/c1-10-4-11(2)6-14(5-10)32-15-8-12(7-13(9-15)28(30)31)25-19(29)17-16(21)18(20(22,23)24)26-27(17)3/h4-9H,1-3H3,(H,25,29). The SMILES string of the molecule is Cc1cc(C)cc(Oc2cc(NC(=O)c3c(Cl)c(C(F)(F)F)nn3C)cc([N+](=O)[O-])c2)c1. The molecule has 0 spiro atoms. The van der Waals surface area contributed by atoms with Crippen molar-refractivity contribution < 1.29 is 27.6 Å². The summed E-state index contributed by atoms with van der Waals surface area (Å²) in [4.78, 5) is 23.2. The van der Waals surface area contributed by atoms with Crippen LogP contribution >= 0.6 is 11.6 Å².